The SMILES string of the molecule is CN(Cc1ccc(C(N)=O)cc1)C(=O)c1cc(-c2cccc(Cl)c2)on1. The van der Waals surface area contributed by atoms with Crippen molar-refractivity contribution in [1.82, 2.24) is 10.1 Å². The first-order valence-electron chi connectivity index (χ1n) is 7.81. The molecule has 6 nitrogen and oxygen atoms in total. The maximum Gasteiger partial charge on any atom is 0.276 e. The second kappa shape index (κ2) is 7.41. The van der Waals surface area contributed by atoms with Crippen LogP contribution in [0, 0.1) is 0 Å². The highest BCUT2D eigenvalue weighted by atomic mass is 35.5. The first kappa shape index (κ1) is 17.7. The molecule has 0 atom stereocenters. The fraction of sp³-hybridized carbons (Fsp3) is 0.105. The molecule has 0 spiro atoms. The molecule has 0 aliphatic carbocycles. The topological polar surface area (TPSA) is 89.4 Å². The van der Waals surface area contributed by atoms with Crippen molar-refractivity contribution in [2.75, 3.05) is 7.05 Å². The van der Waals surface area contributed by atoms with Crippen molar-refractivity contribution in [3.8, 4) is 11.3 Å². The average molecular weight is 370 g/mol. The van der Waals surface area contributed by atoms with Gasteiger partial charge >= 0.3 is 0 Å². The molecule has 26 heavy (non-hydrogen) atoms. The lowest BCUT2D eigenvalue weighted by molar-refractivity contribution is 0.0774. The summed E-state index contributed by atoms with van der Waals surface area (Å²) in [6, 6.07) is 15.5. The summed E-state index contributed by atoms with van der Waals surface area (Å²) >= 11 is 5.97. The molecular weight excluding hydrogens is 354 g/mol. The van der Waals surface area contributed by atoms with E-state index in [0.717, 1.165) is 11.1 Å². The van der Waals surface area contributed by atoms with E-state index in [1.54, 1.807) is 55.6 Å². The number of rotatable bonds is 5. The molecule has 2 N–H and O–H groups in total. The molecule has 2 amide bonds. The molecule has 2 aromatic carbocycles. The van der Waals surface area contributed by atoms with Crippen LogP contribution < -0.4 is 5.73 Å². The van der Waals surface area contributed by atoms with Gasteiger partial charge in [-0.2, -0.15) is 0 Å². The van der Waals surface area contributed by atoms with Crippen LogP contribution >= 0.6 is 11.6 Å². The molecule has 3 aromatic rings. The van der Waals surface area contributed by atoms with Crippen molar-refractivity contribution in [2.24, 2.45) is 5.73 Å². The standard InChI is InChI=1S/C19H16ClN3O3/c1-23(11-12-5-7-13(8-6-12)18(21)24)19(25)16-10-17(26-22-16)14-3-2-4-15(20)9-14/h2-10H,11H2,1H3,(H2,21,24). The zero-order chi connectivity index (χ0) is 18.7. The molecule has 0 saturated carbocycles. The quantitative estimate of drug-likeness (QED) is 0.746. The maximum absolute atomic E-state index is 12.5. The summed E-state index contributed by atoms with van der Waals surface area (Å²) in [6.07, 6.45) is 0. The Morgan fingerprint density at radius 2 is 1.88 bits per heavy atom. The summed E-state index contributed by atoms with van der Waals surface area (Å²) in [7, 11) is 1.66. The number of hydrogen-bond donors (Lipinski definition) is 1. The Balaban J connectivity index is 1.71. The van der Waals surface area contributed by atoms with Gasteiger partial charge in [0.15, 0.2) is 11.5 Å². The van der Waals surface area contributed by atoms with E-state index in [4.69, 9.17) is 21.9 Å². The number of amides is 2. The molecule has 0 aliphatic heterocycles. The fourth-order valence-corrected chi connectivity index (χ4v) is 2.66. The van der Waals surface area contributed by atoms with Gasteiger partial charge in [0.25, 0.3) is 5.91 Å². The van der Waals surface area contributed by atoms with E-state index in [2.05, 4.69) is 5.16 Å². The number of carbonyl (C=O) groups excluding carboxylic acids is 2. The lowest BCUT2D eigenvalue weighted by Crippen LogP contribution is -2.26. The van der Waals surface area contributed by atoms with E-state index in [0.29, 0.717) is 22.9 Å². The number of primary amides is 1. The van der Waals surface area contributed by atoms with E-state index >= 15 is 0 Å². The van der Waals surface area contributed by atoms with Gasteiger partial charge in [0.1, 0.15) is 0 Å². The van der Waals surface area contributed by atoms with Crippen LogP contribution in [-0.4, -0.2) is 28.9 Å². The summed E-state index contributed by atoms with van der Waals surface area (Å²) in [5.41, 5.74) is 7.45. The minimum atomic E-state index is -0.489. The van der Waals surface area contributed by atoms with Crippen molar-refractivity contribution < 1.29 is 14.1 Å². The number of aromatic nitrogens is 1. The van der Waals surface area contributed by atoms with Crippen LogP contribution in [0.25, 0.3) is 11.3 Å². The molecule has 1 heterocycles. The van der Waals surface area contributed by atoms with Crippen molar-refractivity contribution in [2.45, 2.75) is 6.54 Å². The zero-order valence-corrected chi connectivity index (χ0v) is 14.7. The highest BCUT2D eigenvalue weighted by Crippen LogP contribution is 2.24. The summed E-state index contributed by atoms with van der Waals surface area (Å²) in [4.78, 5) is 25.2. The largest absolute Gasteiger partial charge is 0.366 e. The molecule has 0 saturated heterocycles. The molecule has 0 bridgehead atoms. The van der Waals surface area contributed by atoms with Gasteiger partial charge in [-0.15, -0.1) is 0 Å². The number of hydrogen-bond acceptors (Lipinski definition) is 4. The van der Waals surface area contributed by atoms with Gasteiger partial charge in [-0.3, -0.25) is 9.59 Å². The number of nitrogens with zero attached hydrogens (tertiary/aromatic N) is 2. The Labute approximate surface area is 155 Å². The Kier molecular flexibility index (Phi) is 5.04. The lowest BCUT2D eigenvalue weighted by atomic mass is 10.1. The summed E-state index contributed by atoms with van der Waals surface area (Å²) < 4.78 is 5.26. The van der Waals surface area contributed by atoms with E-state index in [9.17, 15) is 9.59 Å². The Hall–Kier alpha value is -3.12. The van der Waals surface area contributed by atoms with Gasteiger partial charge in [0.2, 0.25) is 5.91 Å². The van der Waals surface area contributed by atoms with Crippen molar-refractivity contribution in [3.05, 3.63) is 76.4 Å². The fourth-order valence-electron chi connectivity index (χ4n) is 2.47. The van der Waals surface area contributed by atoms with Gasteiger partial charge in [-0.1, -0.05) is 41.0 Å². The molecular formula is C19H16ClN3O3. The number of halogens is 1. The van der Waals surface area contributed by atoms with Crippen LogP contribution in [0.2, 0.25) is 5.02 Å². The monoisotopic (exact) mass is 369 g/mol. The summed E-state index contributed by atoms with van der Waals surface area (Å²) in [5.74, 6) is -0.298. The van der Waals surface area contributed by atoms with Crippen LogP contribution in [0.15, 0.2) is 59.1 Å². The predicted octanol–water partition coefficient (Wildman–Crippen LogP) is 3.37. The third-order valence-corrected chi connectivity index (χ3v) is 4.08. The highest BCUT2D eigenvalue weighted by Gasteiger charge is 2.18. The van der Waals surface area contributed by atoms with Gasteiger partial charge in [-0.05, 0) is 29.8 Å². The molecule has 0 unspecified atom stereocenters. The van der Waals surface area contributed by atoms with Crippen LogP contribution in [0.3, 0.4) is 0 Å². The van der Waals surface area contributed by atoms with E-state index in [1.807, 2.05) is 6.07 Å². The van der Waals surface area contributed by atoms with Crippen molar-refractivity contribution in [3.63, 3.8) is 0 Å². The first-order chi connectivity index (χ1) is 12.4. The average Bonchev–Trinajstić information content (AvgIpc) is 3.11. The normalized spacial score (nSPS) is 10.5. The van der Waals surface area contributed by atoms with E-state index in [-0.39, 0.29) is 11.6 Å². The second-order valence-electron chi connectivity index (χ2n) is 5.81. The third-order valence-electron chi connectivity index (χ3n) is 3.84. The van der Waals surface area contributed by atoms with Crippen molar-refractivity contribution in [1.29, 1.82) is 0 Å². The van der Waals surface area contributed by atoms with E-state index < -0.39 is 5.91 Å². The lowest BCUT2D eigenvalue weighted by Gasteiger charge is -2.15. The smallest absolute Gasteiger partial charge is 0.276 e. The van der Waals surface area contributed by atoms with Crippen LogP contribution in [0.1, 0.15) is 26.4 Å². The van der Waals surface area contributed by atoms with Crippen LogP contribution in [0.4, 0.5) is 0 Å². The minimum Gasteiger partial charge on any atom is -0.366 e. The molecule has 0 aliphatic rings. The predicted molar refractivity (Wildman–Crippen MR) is 97.7 cm³/mol. The maximum atomic E-state index is 12.5. The summed E-state index contributed by atoms with van der Waals surface area (Å²) in [6.45, 7) is 0.358. The van der Waals surface area contributed by atoms with Crippen molar-refractivity contribution >= 4 is 23.4 Å². The Bertz CT molecular complexity index is 951. The molecule has 0 fully saturated rings. The third kappa shape index (κ3) is 3.92. The Morgan fingerprint density at radius 3 is 2.54 bits per heavy atom. The van der Waals surface area contributed by atoms with Gasteiger partial charge in [0.05, 0.1) is 0 Å². The van der Waals surface area contributed by atoms with Gasteiger partial charge < -0.3 is 15.2 Å². The number of benzene rings is 2. The number of nitrogens with two attached hydrogens (primary N) is 1. The molecule has 7 heteroatoms. The van der Waals surface area contributed by atoms with Gasteiger partial charge in [0, 0.05) is 35.8 Å². The first-order valence-corrected chi connectivity index (χ1v) is 8.18. The summed E-state index contributed by atoms with van der Waals surface area (Å²) in [5, 5.41) is 4.42. The highest BCUT2D eigenvalue weighted by molar-refractivity contribution is 6.30. The molecule has 1 aromatic heterocycles. The minimum absolute atomic E-state index is 0.205. The van der Waals surface area contributed by atoms with Crippen LogP contribution in [-0.2, 0) is 6.54 Å². The molecule has 3 rings (SSSR count). The molecule has 132 valence electrons. The van der Waals surface area contributed by atoms with Gasteiger partial charge in [-0.25, -0.2) is 0 Å². The Morgan fingerprint density at radius 1 is 1.15 bits per heavy atom. The second-order valence-corrected chi connectivity index (χ2v) is 6.25. The number of carbonyl (C=O) groups is 2. The van der Waals surface area contributed by atoms with E-state index in [1.165, 1.54) is 4.90 Å². The van der Waals surface area contributed by atoms with Crippen LogP contribution in [0.5, 0.6) is 0 Å². The molecule has 0 radical (unpaired) electrons. The zero-order valence-electron chi connectivity index (χ0n) is 14.0.